The summed E-state index contributed by atoms with van der Waals surface area (Å²) in [6, 6.07) is 6.56. The largest absolute Gasteiger partial charge is 0.480 e. The van der Waals surface area contributed by atoms with Gasteiger partial charge in [0.05, 0.1) is 5.92 Å². The second kappa shape index (κ2) is 6.49. The van der Waals surface area contributed by atoms with Crippen molar-refractivity contribution in [3.8, 4) is 0 Å². The molecule has 108 valence electrons. The van der Waals surface area contributed by atoms with Crippen molar-refractivity contribution < 1.29 is 19.8 Å². The summed E-state index contributed by atoms with van der Waals surface area (Å²) in [5.74, 6) is -1.87. The number of aliphatic hydroxyl groups excluding tert-OH is 1. The highest BCUT2D eigenvalue weighted by Gasteiger charge is 2.29. The summed E-state index contributed by atoms with van der Waals surface area (Å²) < 4.78 is 0. The maximum absolute atomic E-state index is 12.3. The Morgan fingerprint density at radius 3 is 2.85 bits per heavy atom. The average Bonchev–Trinajstić information content (AvgIpc) is 2.46. The van der Waals surface area contributed by atoms with Crippen LogP contribution in [0.15, 0.2) is 24.3 Å². The quantitative estimate of drug-likeness (QED) is 0.599. The molecule has 2 rings (SSSR count). The van der Waals surface area contributed by atoms with Crippen molar-refractivity contribution in [1.29, 1.82) is 0 Å². The Labute approximate surface area is 116 Å². The Kier molecular flexibility index (Phi) is 4.70. The fourth-order valence-electron chi connectivity index (χ4n) is 2.39. The molecular weight excluding hydrogens is 260 g/mol. The van der Waals surface area contributed by atoms with Gasteiger partial charge in [0.15, 0.2) is 0 Å². The van der Waals surface area contributed by atoms with E-state index >= 15 is 0 Å². The number of carbonyl (C=O) groups excluding carboxylic acids is 1. The first-order chi connectivity index (χ1) is 9.63. The number of amides is 1. The lowest BCUT2D eigenvalue weighted by atomic mass is 9.90. The topological polar surface area (TPSA) is 98.7 Å². The van der Waals surface area contributed by atoms with Crippen molar-refractivity contribution in [2.45, 2.75) is 24.9 Å². The van der Waals surface area contributed by atoms with E-state index in [-0.39, 0.29) is 18.9 Å². The van der Waals surface area contributed by atoms with Crippen molar-refractivity contribution in [1.82, 2.24) is 10.6 Å². The third-order valence-corrected chi connectivity index (χ3v) is 3.44. The molecular formula is C14H18N2O4. The first-order valence-electron chi connectivity index (χ1n) is 6.56. The van der Waals surface area contributed by atoms with E-state index < -0.39 is 17.9 Å². The van der Waals surface area contributed by atoms with Crippen LogP contribution < -0.4 is 10.6 Å². The molecule has 0 saturated carbocycles. The fraction of sp³-hybridized carbons (Fsp3) is 0.429. The van der Waals surface area contributed by atoms with Gasteiger partial charge in [-0.15, -0.1) is 0 Å². The van der Waals surface area contributed by atoms with Crippen LogP contribution in [0.25, 0.3) is 0 Å². The summed E-state index contributed by atoms with van der Waals surface area (Å²) in [6.45, 7) is 0.907. The molecule has 2 atom stereocenters. The minimum absolute atomic E-state index is 0.00285. The van der Waals surface area contributed by atoms with E-state index in [0.717, 1.165) is 11.1 Å². The molecule has 0 aliphatic carbocycles. The van der Waals surface area contributed by atoms with Gasteiger partial charge in [-0.1, -0.05) is 24.3 Å². The number of fused-ring (bicyclic) bond motifs is 1. The predicted molar refractivity (Wildman–Crippen MR) is 72.2 cm³/mol. The predicted octanol–water partition coefficient (Wildman–Crippen LogP) is -0.175. The summed E-state index contributed by atoms with van der Waals surface area (Å²) in [4.78, 5) is 23.3. The monoisotopic (exact) mass is 278 g/mol. The standard InChI is InChI=1S/C14H18N2O4/c17-6-5-12(14(19)20)16-13(18)11-8-15-7-9-3-1-2-4-10(9)11/h1-4,11-12,15,17H,5-8H2,(H,16,18)(H,19,20)/t11?,12-/m1/s1. The summed E-state index contributed by atoms with van der Waals surface area (Å²) in [5, 5.41) is 23.5. The van der Waals surface area contributed by atoms with E-state index in [1.807, 2.05) is 24.3 Å². The molecule has 0 radical (unpaired) electrons. The second-order valence-corrected chi connectivity index (χ2v) is 4.79. The number of rotatable bonds is 5. The minimum atomic E-state index is -1.13. The molecule has 1 unspecified atom stereocenters. The van der Waals surface area contributed by atoms with Crippen LogP contribution in [0, 0.1) is 0 Å². The van der Waals surface area contributed by atoms with Gasteiger partial charge in [-0.25, -0.2) is 4.79 Å². The second-order valence-electron chi connectivity index (χ2n) is 4.79. The molecule has 6 nitrogen and oxygen atoms in total. The lowest BCUT2D eigenvalue weighted by molar-refractivity contribution is -0.142. The number of hydrogen-bond acceptors (Lipinski definition) is 4. The van der Waals surface area contributed by atoms with E-state index in [1.54, 1.807) is 0 Å². The number of carboxylic acids is 1. The van der Waals surface area contributed by atoms with Gasteiger partial charge in [0, 0.05) is 26.1 Å². The molecule has 1 aliphatic rings. The molecule has 0 spiro atoms. The van der Waals surface area contributed by atoms with Crippen molar-refractivity contribution in [3.63, 3.8) is 0 Å². The smallest absolute Gasteiger partial charge is 0.326 e. The summed E-state index contributed by atoms with van der Waals surface area (Å²) in [7, 11) is 0. The van der Waals surface area contributed by atoms with Gasteiger partial charge >= 0.3 is 5.97 Å². The van der Waals surface area contributed by atoms with Gasteiger partial charge in [-0.3, -0.25) is 4.79 Å². The van der Waals surface area contributed by atoms with Crippen LogP contribution in [-0.2, 0) is 16.1 Å². The van der Waals surface area contributed by atoms with Gasteiger partial charge in [0.1, 0.15) is 6.04 Å². The molecule has 1 aromatic carbocycles. The number of nitrogens with one attached hydrogen (secondary N) is 2. The lowest BCUT2D eigenvalue weighted by Gasteiger charge is -2.26. The summed E-state index contributed by atoms with van der Waals surface area (Å²) in [6.07, 6.45) is 0.00285. The highest BCUT2D eigenvalue weighted by atomic mass is 16.4. The van der Waals surface area contributed by atoms with E-state index in [9.17, 15) is 9.59 Å². The van der Waals surface area contributed by atoms with Gasteiger partial charge in [0.2, 0.25) is 5.91 Å². The van der Waals surface area contributed by atoms with Crippen LogP contribution in [0.5, 0.6) is 0 Å². The number of aliphatic carboxylic acids is 1. The summed E-state index contributed by atoms with van der Waals surface area (Å²) >= 11 is 0. The maximum Gasteiger partial charge on any atom is 0.326 e. The number of benzene rings is 1. The zero-order valence-electron chi connectivity index (χ0n) is 11.0. The number of carbonyl (C=O) groups is 2. The SMILES string of the molecule is O=C(N[C@H](CCO)C(=O)O)C1CNCc2ccccc21. The van der Waals surface area contributed by atoms with Crippen molar-refractivity contribution in [2.24, 2.45) is 0 Å². The molecule has 0 aromatic heterocycles. The Balaban J connectivity index is 2.12. The van der Waals surface area contributed by atoms with Gasteiger partial charge in [0.25, 0.3) is 0 Å². The zero-order chi connectivity index (χ0) is 14.5. The molecule has 0 bridgehead atoms. The molecule has 1 aliphatic heterocycles. The Hall–Kier alpha value is -1.92. The number of carboxylic acid groups (broad SMARTS) is 1. The number of hydrogen-bond donors (Lipinski definition) is 4. The fourth-order valence-corrected chi connectivity index (χ4v) is 2.39. The van der Waals surface area contributed by atoms with E-state index in [0.29, 0.717) is 13.1 Å². The van der Waals surface area contributed by atoms with Crippen molar-refractivity contribution >= 4 is 11.9 Å². The third-order valence-electron chi connectivity index (χ3n) is 3.44. The molecule has 6 heteroatoms. The molecule has 20 heavy (non-hydrogen) atoms. The summed E-state index contributed by atoms with van der Waals surface area (Å²) in [5.41, 5.74) is 1.98. The van der Waals surface area contributed by atoms with E-state index in [4.69, 9.17) is 10.2 Å². The van der Waals surface area contributed by atoms with Crippen LogP contribution in [0.1, 0.15) is 23.5 Å². The maximum atomic E-state index is 12.3. The van der Waals surface area contributed by atoms with Crippen LogP contribution in [0.3, 0.4) is 0 Å². The van der Waals surface area contributed by atoms with Gasteiger partial charge in [-0.05, 0) is 11.1 Å². The zero-order valence-corrected chi connectivity index (χ0v) is 11.0. The highest BCUT2D eigenvalue weighted by molar-refractivity contribution is 5.88. The average molecular weight is 278 g/mol. The van der Waals surface area contributed by atoms with Gasteiger partial charge in [-0.2, -0.15) is 0 Å². The lowest BCUT2D eigenvalue weighted by Crippen LogP contribution is -2.46. The Bertz CT molecular complexity index is 504. The Morgan fingerprint density at radius 2 is 2.15 bits per heavy atom. The van der Waals surface area contributed by atoms with E-state index in [2.05, 4.69) is 10.6 Å². The van der Waals surface area contributed by atoms with Crippen LogP contribution >= 0.6 is 0 Å². The van der Waals surface area contributed by atoms with Crippen LogP contribution in [0.2, 0.25) is 0 Å². The molecule has 1 aromatic rings. The van der Waals surface area contributed by atoms with Crippen LogP contribution in [0.4, 0.5) is 0 Å². The van der Waals surface area contributed by atoms with Crippen molar-refractivity contribution in [3.05, 3.63) is 35.4 Å². The molecule has 0 saturated heterocycles. The Morgan fingerprint density at radius 1 is 1.40 bits per heavy atom. The number of aliphatic hydroxyl groups is 1. The van der Waals surface area contributed by atoms with Gasteiger partial charge < -0.3 is 20.8 Å². The molecule has 1 heterocycles. The first-order valence-corrected chi connectivity index (χ1v) is 6.56. The third kappa shape index (κ3) is 3.15. The molecule has 0 fully saturated rings. The molecule has 4 N–H and O–H groups in total. The molecule has 1 amide bonds. The first kappa shape index (κ1) is 14.5. The van der Waals surface area contributed by atoms with E-state index in [1.165, 1.54) is 0 Å². The van der Waals surface area contributed by atoms with Crippen LogP contribution in [-0.4, -0.2) is 41.3 Å². The highest BCUT2D eigenvalue weighted by Crippen LogP contribution is 2.24. The van der Waals surface area contributed by atoms with Crippen molar-refractivity contribution in [2.75, 3.05) is 13.2 Å². The normalized spacial score (nSPS) is 18.9. The minimum Gasteiger partial charge on any atom is -0.480 e.